The number of hydrogen-bond donors (Lipinski definition) is 1. The van der Waals surface area contributed by atoms with Crippen LogP contribution in [-0.4, -0.2) is 36.6 Å². The van der Waals surface area contributed by atoms with E-state index in [-0.39, 0.29) is 5.54 Å². The number of nitrogens with zero attached hydrogens (tertiary/aromatic N) is 1. The van der Waals surface area contributed by atoms with Crippen LogP contribution in [0.1, 0.15) is 32.6 Å². The molecule has 0 aliphatic heterocycles. The Morgan fingerprint density at radius 3 is 2.39 bits per heavy atom. The minimum absolute atomic E-state index is 0.161. The molecule has 0 spiro atoms. The zero-order chi connectivity index (χ0) is 13.8. The smallest absolute Gasteiger partial charge is 0.0309 e. The van der Waals surface area contributed by atoms with E-state index in [4.69, 9.17) is 0 Å². The van der Waals surface area contributed by atoms with Gasteiger partial charge in [-0.15, -0.1) is 11.3 Å². The van der Waals surface area contributed by atoms with Gasteiger partial charge in [-0.05, 0) is 62.4 Å². The Hall–Kier alpha value is 0.1000. The third-order valence-corrected chi connectivity index (χ3v) is 5.53. The van der Waals surface area contributed by atoms with Crippen molar-refractivity contribution in [2.75, 3.05) is 20.1 Å². The summed E-state index contributed by atoms with van der Waals surface area (Å²) in [6.45, 7) is 11.3. The maximum Gasteiger partial charge on any atom is 0.0309 e. The SMILES string of the molecule is CCN(CC)C(C)(C)C(Cc1cc(Br)cs1)NC. The standard InChI is InChI=1S/C14H25BrN2S/c1-6-17(7-2)14(3,4)13(16-5)9-12-8-11(15)10-18-12/h8,10,13,16H,6-7,9H2,1-5H3. The van der Waals surface area contributed by atoms with Crippen molar-refractivity contribution in [1.29, 1.82) is 0 Å². The molecular weight excluding hydrogens is 308 g/mol. The molecule has 4 heteroatoms. The summed E-state index contributed by atoms with van der Waals surface area (Å²) < 4.78 is 1.19. The molecule has 0 amide bonds. The number of likely N-dealkylation sites (N-methyl/N-ethyl adjacent to an activating group) is 2. The minimum atomic E-state index is 0.161. The van der Waals surface area contributed by atoms with Gasteiger partial charge in [0.15, 0.2) is 0 Å². The van der Waals surface area contributed by atoms with Crippen LogP contribution in [-0.2, 0) is 6.42 Å². The number of thiophene rings is 1. The van der Waals surface area contributed by atoms with Crippen LogP contribution in [0.25, 0.3) is 0 Å². The van der Waals surface area contributed by atoms with Crippen molar-refractivity contribution < 1.29 is 0 Å². The van der Waals surface area contributed by atoms with Crippen molar-refractivity contribution in [3.8, 4) is 0 Å². The summed E-state index contributed by atoms with van der Waals surface area (Å²) in [6, 6.07) is 2.69. The molecule has 0 aliphatic carbocycles. The van der Waals surface area contributed by atoms with E-state index in [2.05, 4.69) is 72.3 Å². The van der Waals surface area contributed by atoms with Gasteiger partial charge in [0, 0.05) is 26.3 Å². The lowest BCUT2D eigenvalue weighted by Crippen LogP contribution is -2.57. The highest BCUT2D eigenvalue weighted by molar-refractivity contribution is 9.10. The van der Waals surface area contributed by atoms with Gasteiger partial charge in [-0.2, -0.15) is 0 Å². The summed E-state index contributed by atoms with van der Waals surface area (Å²) in [5.74, 6) is 0. The minimum Gasteiger partial charge on any atom is -0.315 e. The predicted molar refractivity (Wildman–Crippen MR) is 85.6 cm³/mol. The first-order chi connectivity index (χ1) is 8.45. The van der Waals surface area contributed by atoms with Crippen LogP contribution in [0, 0.1) is 0 Å². The summed E-state index contributed by atoms with van der Waals surface area (Å²) in [7, 11) is 2.07. The van der Waals surface area contributed by atoms with Gasteiger partial charge in [0.25, 0.3) is 0 Å². The van der Waals surface area contributed by atoms with Crippen LogP contribution < -0.4 is 5.32 Å². The fourth-order valence-electron chi connectivity index (χ4n) is 2.63. The topological polar surface area (TPSA) is 15.3 Å². The maximum atomic E-state index is 3.53. The Bertz CT molecular complexity index is 358. The van der Waals surface area contributed by atoms with Crippen LogP contribution in [0.2, 0.25) is 0 Å². The zero-order valence-corrected chi connectivity index (χ0v) is 14.5. The van der Waals surface area contributed by atoms with Crippen molar-refractivity contribution in [2.45, 2.75) is 45.7 Å². The molecule has 0 saturated carbocycles. The molecule has 1 aromatic heterocycles. The molecule has 1 unspecified atom stereocenters. The van der Waals surface area contributed by atoms with E-state index in [0.717, 1.165) is 19.5 Å². The fraction of sp³-hybridized carbons (Fsp3) is 0.714. The normalized spacial score (nSPS) is 14.2. The molecule has 2 nitrogen and oxygen atoms in total. The van der Waals surface area contributed by atoms with E-state index in [1.165, 1.54) is 9.35 Å². The lowest BCUT2D eigenvalue weighted by molar-refractivity contribution is 0.0947. The van der Waals surface area contributed by atoms with Crippen molar-refractivity contribution in [3.63, 3.8) is 0 Å². The largest absolute Gasteiger partial charge is 0.315 e. The third kappa shape index (κ3) is 3.80. The fourth-order valence-corrected chi connectivity index (χ4v) is 4.12. The number of rotatable bonds is 7. The summed E-state index contributed by atoms with van der Waals surface area (Å²) in [4.78, 5) is 3.96. The zero-order valence-electron chi connectivity index (χ0n) is 12.1. The van der Waals surface area contributed by atoms with Crippen LogP contribution >= 0.6 is 27.3 Å². The second kappa shape index (κ2) is 7.04. The van der Waals surface area contributed by atoms with E-state index in [1.54, 1.807) is 0 Å². The average Bonchev–Trinajstić information content (AvgIpc) is 2.72. The van der Waals surface area contributed by atoms with E-state index in [1.807, 2.05) is 11.3 Å². The molecular formula is C14H25BrN2S. The highest BCUT2D eigenvalue weighted by Gasteiger charge is 2.33. The number of halogens is 1. The van der Waals surface area contributed by atoms with Gasteiger partial charge in [-0.25, -0.2) is 0 Å². The molecule has 1 heterocycles. The molecule has 1 N–H and O–H groups in total. The predicted octanol–water partition coefficient (Wildman–Crippen LogP) is 3.76. The molecule has 1 aromatic rings. The van der Waals surface area contributed by atoms with Gasteiger partial charge < -0.3 is 5.32 Å². The monoisotopic (exact) mass is 332 g/mol. The molecule has 104 valence electrons. The Morgan fingerprint density at radius 2 is 2.00 bits per heavy atom. The number of nitrogens with one attached hydrogen (secondary N) is 1. The van der Waals surface area contributed by atoms with Crippen LogP contribution in [0.5, 0.6) is 0 Å². The summed E-state index contributed by atoms with van der Waals surface area (Å²) in [5, 5.41) is 5.66. The Labute approximate surface area is 124 Å². The summed E-state index contributed by atoms with van der Waals surface area (Å²) >= 11 is 5.36. The van der Waals surface area contributed by atoms with Gasteiger partial charge in [-0.1, -0.05) is 13.8 Å². The van der Waals surface area contributed by atoms with E-state index in [0.29, 0.717) is 6.04 Å². The van der Waals surface area contributed by atoms with Crippen LogP contribution in [0.4, 0.5) is 0 Å². The van der Waals surface area contributed by atoms with Crippen molar-refractivity contribution in [2.24, 2.45) is 0 Å². The van der Waals surface area contributed by atoms with Crippen LogP contribution in [0.15, 0.2) is 15.9 Å². The van der Waals surface area contributed by atoms with Gasteiger partial charge in [0.05, 0.1) is 0 Å². The molecule has 0 radical (unpaired) electrons. The number of hydrogen-bond acceptors (Lipinski definition) is 3. The van der Waals surface area contributed by atoms with Crippen molar-refractivity contribution >= 4 is 27.3 Å². The highest BCUT2D eigenvalue weighted by atomic mass is 79.9. The Morgan fingerprint density at radius 1 is 1.39 bits per heavy atom. The Balaban J connectivity index is 2.81. The van der Waals surface area contributed by atoms with Crippen LogP contribution in [0.3, 0.4) is 0 Å². The molecule has 0 bridgehead atoms. The molecule has 0 saturated heterocycles. The lowest BCUT2D eigenvalue weighted by atomic mass is 9.89. The first-order valence-electron chi connectivity index (χ1n) is 6.60. The molecule has 0 aromatic carbocycles. The van der Waals surface area contributed by atoms with Crippen molar-refractivity contribution in [3.05, 3.63) is 20.8 Å². The van der Waals surface area contributed by atoms with Crippen molar-refractivity contribution in [1.82, 2.24) is 10.2 Å². The maximum absolute atomic E-state index is 3.53. The molecule has 1 atom stereocenters. The second-order valence-electron chi connectivity index (χ2n) is 5.10. The van der Waals surface area contributed by atoms with E-state index in [9.17, 15) is 0 Å². The summed E-state index contributed by atoms with van der Waals surface area (Å²) in [5.41, 5.74) is 0.161. The summed E-state index contributed by atoms with van der Waals surface area (Å²) in [6.07, 6.45) is 1.08. The molecule has 0 fully saturated rings. The first-order valence-corrected chi connectivity index (χ1v) is 8.28. The lowest BCUT2D eigenvalue weighted by Gasteiger charge is -2.43. The highest BCUT2D eigenvalue weighted by Crippen LogP contribution is 2.26. The van der Waals surface area contributed by atoms with Gasteiger partial charge in [0.1, 0.15) is 0 Å². The average molecular weight is 333 g/mol. The van der Waals surface area contributed by atoms with Gasteiger partial charge in [0.2, 0.25) is 0 Å². The third-order valence-electron chi connectivity index (χ3n) is 3.81. The molecule has 18 heavy (non-hydrogen) atoms. The molecule has 0 aliphatic rings. The van der Waals surface area contributed by atoms with E-state index >= 15 is 0 Å². The van der Waals surface area contributed by atoms with Gasteiger partial charge >= 0.3 is 0 Å². The molecule has 1 rings (SSSR count). The van der Waals surface area contributed by atoms with Gasteiger partial charge in [-0.3, -0.25) is 4.90 Å². The quantitative estimate of drug-likeness (QED) is 0.817. The van der Waals surface area contributed by atoms with E-state index < -0.39 is 0 Å². The first kappa shape index (κ1) is 16.2. The second-order valence-corrected chi connectivity index (χ2v) is 7.01. The Kier molecular flexibility index (Phi) is 6.31.